The molecule has 0 heterocycles. The first kappa shape index (κ1) is 26.0. The van der Waals surface area contributed by atoms with Gasteiger partial charge in [0.05, 0.1) is 30.4 Å². The fourth-order valence-corrected chi connectivity index (χ4v) is 3.97. The quantitative estimate of drug-likeness (QED) is 0.396. The molecule has 178 valence electrons. The highest BCUT2D eigenvalue weighted by atomic mass is 32.2. The van der Waals surface area contributed by atoms with E-state index in [2.05, 4.69) is 10.6 Å². The molecule has 2 aromatic rings. The summed E-state index contributed by atoms with van der Waals surface area (Å²) in [6.07, 6.45) is -2.17. The number of rotatable bonds is 12. The number of carbonyl (C=O) groups excluding carboxylic acids is 3. The number of hydrogen-bond acceptors (Lipinski definition) is 7. The monoisotopic (exact) mass is 476 g/mol. The van der Waals surface area contributed by atoms with E-state index in [9.17, 15) is 23.7 Å². The van der Waals surface area contributed by atoms with Gasteiger partial charge in [0.1, 0.15) is 12.6 Å². The first-order valence-electron chi connectivity index (χ1n) is 10.3. The maximum Gasteiger partial charge on any atom is 0.407 e. The second-order valence-electron chi connectivity index (χ2n) is 7.10. The molecule has 0 aliphatic rings. The van der Waals surface area contributed by atoms with Gasteiger partial charge in [-0.2, -0.15) is 0 Å². The molecule has 0 aliphatic heterocycles. The van der Waals surface area contributed by atoms with Crippen molar-refractivity contribution in [3.8, 4) is 0 Å². The molecule has 9 nitrogen and oxygen atoms in total. The van der Waals surface area contributed by atoms with Crippen molar-refractivity contribution in [3.05, 3.63) is 66.2 Å². The number of ether oxygens (including phenoxy) is 2. The molecule has 0 aromatic heterocycles. The largest absolute Gasteiger partial charge is 0.467 e. The van der Waals surface area contributed by atoms with E-state index in [-0.39, 0.29) is 31.7 Å². The lowest BCUT2D eigenvalue weighted by atomic mass is 10.2. The Bertz CT molecular complexity index is 925. The lowest BCUT2D eigenvalue weighted by Crippen LogP contribution is -2.44. The van der Waals surface area contributed by atoms with Crippen LogP contribution in [0.5, 0.6) is 0 Å². The highest BCUT2D eigenvalue weighted by molar-refractivity contribution is 7.85. The van der Waals surface area contributed by atoms with E-state index in [1.807, 2.05) is 18.2 Å². The molecule has 3 atom stereocenters. The molecule has 2 rings (SSSR count). The standard InChI is InChI=1S/C23H28N2O7S/c1-31-22(28)20(12-13-33(30)19-10-6-3-7-11-19)25-21(27)14-18(26)15-24-23(29)32-16-17-8-4-2-5-9-17/h2-11,18,20,26H,12-16H2,1H3,(H,24,29)(H,25,27)/t18-,20+,33+/m1/s1. The molecule has 2 amide bonds. The molecule has 0 radical (unpaired) electrons. The van der Waals surface area contributed by atoms with Crippen LogP contribution in [0.3, 0.4) is 0 Å². The normalized spacial score (nSPS) is 13.3. The van der Waals surface area contributed by atoms with Crippen molar-refractivity contribution < 1.29 is 33.2 Å². The van der Waals surface area contributed by atoms with Gasteiger partial charge >= 0.3 is 12.1 Å². The zero-order valence-corrected chi connectivity index (χ0v) is 19.1. The van der Waals surface area contributed by atoms with Gasteiger partial charge in [-0.3, -0.25) is 9.00 Å². The Morgan fingerprint density at radius 1 is 1.03 bits per heavy atom. The van der Waals surface area contributed by atoms with Crippen LogP contribution in [0.4, 0.5) is 4.79 Å². The van der Waals surface area contributed by atoms with E-state index in [1.54, 1.807) is 42.5 Å². The number of benzene rings is 2. The molecule has 0 saturated carbocycles. The van der Waals surface area contributed by atoms with Crippen LogP contribution in [0.2, 0.25) is 0 Å². The minimum Gasteiger partial charge on any atom is -0.467 e. The fourth-order valence-electron chi connectivity index (χ4n) is 2.82. The molecular weight excluding hydrogens is 448 g/mol. The molecule has 0 unspecified atom stereocenters. The van der Waals surface area contributed by atoms with Crippen molar-refractivity contribution in [2.45, 2.75) is 36.5 Å². The third-order valence-electron chi connectivity index (χ3n) is 4.53. The first-order valence-corrected chi connectivity index (χ1v) is 11.6. The van der Waals surface area contributed by atoms with Gasteiger partial charge in [-0.1, -0.05) is 48.5 Å². The lowest BCUT2D eigenvalue weighted by Gasteiger charge is -2.18. The predicted molar refractivity (Wildman–Crippen MR) is 122 cm³/mol. The number of methoxy groups -OCH3 is 1. The van der Waals surface area contributed by atoms with Gasteiger partial charge in [-0.05, 0) is 24.1 Å². The van der Waals surface area contributed by atoms with Crippen LogP contribution in [0, 0.1) is 0 Å². The van der Waals surface area contributed by atoms with E-state index < -0.39 is 40.9 Å². The van der Waals surface area contributed by atoms with Gasteiger partial charge in [-0.25, -0.2) is 9.59 Å². The number of nitrogens with one attached hydrogen (secondary N) is 2. The second-order valence-corrected chi connectivity index (χ2v) is 8.67. The number of amides is 2. The summed E-state index contributed by atoms with van der Waals surface area (Å²) in [6.45, 7) is -0.129. The zero-order chi connectivity index (χ0) is 24.1. The SMILES string of the molecule is COC(=O)[C@H](CC[S@](=O)c1ccccc1)NC(=O)C[C@@H](O)CNC(=O)OCc1ccccc1. The topological polar surface area (TPSA) is 131 Å². The highest BCUT2D eigenvalue weighted by Gasteiger charge is 2.24. The van der Waals surface area contributed by atoms with E-state index in [1.165, 1.54) is 7.11 Å². The van der Waals surface area contributed by atoms with Gasteiger partial charge in [0, 0.05) is 17.2 Å². The molecule has 0 bridgehead atoms. The molecule has 3 N–H and O–H groups in total. The lowest BCUT2D eigenvalue weighted by molar-refractivity contribution is -0.145. The Hall–Kier alpha value is -3.24. The van der Waals surface area contributed by atoms with Crippen LogP contribution in [0.15, 0.2) is 65.6 Å². The Morgan fingerprint density at radius 2 is 1.67 bits per heavy atom. The smallest absolute Gasteiger partial charge is 0.407 e. The zero-order valence-electron chi connectivity index (χ0n) is 18.3. The van der Waals surface area contributed by atoms with Gasteiger partial charge in [0.25, 0.3) is 0 Å². The van der Waals surface area contributed by atoms with Crippen LogP contribution >= 0.6 is 0 Å². The van der Waals surface area contributed by atoms with E-state index in [4.69, 9.17) is 9.47 Å². The summed E-state index contributed by atoms with van der Waals surface area (Å²) in [7, 11) is -0.152. The molecule has 0 saturated heterocycles. The molecule has 0 aliphatic carbocycles. The average molecular weight is 477 g/mol. The Morgan fingerprint density at radius 3 is 2.30 bits per heavy atom. The number of hydrogen-bond donors (Lipinski definition) is 3. The van der Waals surface area contributed by atoms with Gasteiger partial charge in [-0.15, -0.1) is 0 Å². The maximum absolute atomic E-state index is 12.4. The van der Waals surface area contributed by atoms with Crippen LogP contribution in [0.25, 0.3) is 0 Å². The van der Waals surface area contributed by atoms with Crippen LogP contribution in [-0.4, -0.2) is 58.8 Å². The molecule has 0 fully saturated rings. The molecule has 33 heavy (non-hydrogen) atoms. The van der Waals surface area contributed by atoms with Crippen molar-refractivity contribution in [2.75, 3.05) is 19.4 Å². The van der Waals surface area contributed by atoms with E-state index >= 15 is 0 Å². The molecule has 10 heteroatoms. The summed E-state index contributed by atoms with van der Waals surface area (Å²) < 4.78 is 22.1. The van der Waals surface area contributed by atoms with Gasteiger partial charge < -0.3 is 25.2 Å². The number of esters is 1. The number of alkyl carbamates (subject to hydrolysis) is 1. The van der Waals surface area contributed by atoms with E-state index in [0.29, 0.717) is 4.90 Å². The summed E-state index contributed by atoms with van der Waals surface area (Å²) in [4.78, 5) is 36.6. The van der Waals surface area contributed by atoms with Crippen LogP contribution < -0.4 is 10.6 Å². The van der Waals surface area contributed by atoms with Crippen molar-refractivity contribution in [1.82, 2.24) is 10.6 Å². The van der Waals surface area contributed by atoms with Crippen LogP contribution in [-0.2, 0) is 36.5 Å². The summed E-state index contributed by atoms with van der Waals surface area (Å²) in [6, 6.07) is 16.9. The van der Waals surface area contributed by atoms with Crippen molar-refractivity contribution >= 4 is 28.8 Å². The fraction of sp³-hybridized carbons (Fsp3) is 0.348. The summed E-state index contributed by atoms with van der Waals surface area (Å²) in [5.74, 6) is -1.14. The summed E-state index contributed by atoms with van der Waals surface area (Å²) in [5.41, 5.74) is 0.814. The predicted octanol–water partition coefficient (Wildman–Crippen LogP) is 1.52. The Kier molecular flexibility index (Phi) is 11.1. The number of carbonyl (C=O) groups is 3. The van der Waals surface area contributed by atoms with Gasteiger partial charge in [0.15, 0.2) is 0 Å². The Balaban J connectivity index is 1.74. The van der Waals surface area contributed by atoms with Crippen LogP contribution in [0.1, 0.15) is 18.4 Å². The first-order chi connectivity index (χ1) is 15.9. The third kappa shape index (κ3) is 9.84. The maximum atomic E-state index is 12.4. The minimum absolute atomic E-state index is 0.0778. The summed E-state index contributed by atoms with van der Waals surface area (Å²) in [5, 5.41) is 14.9. The van der Waals surface area contributed by atoms with Gasteiger partial charge in [0.2, 0.25) is 5.91 Å². The van der Waals surface area contributed by atoms with Crippen molar-refractivity contribution in [1.29, 1.82) is 0 Å². The Labute approximate surface area is 194 Å². The third-order valence-corrected chi connectivity index (χ3v) is 5.94. The second kappa shape index (κ2) is 14.0. The molecule has 2 aromatic carbocycles. The number of aliphatic hydroxyl groups excluding tert-OH is 1. The number of aliphatic hydroxyl groups is 1. The van der Waals surface area contributed by atoms with Crippen molar-refractivity contribution in [2.24, 2.45) is 0 Å². The molecular formula is C23H28N2O7S. The minimum atomic E-state index is -1.34. The summed E-state index contributed by atoms with van der Waals surface area (Å²) >= 11 is 0. The molecule has 0 spiro atoms. The van der Waals surface area contributed by atoms with E-state index in [0.717, 1.165) is 5.56 Å². The highest BCUT2D eigenvalue weighted by Crippen LogP contribution is 2.09. The average Bonchev–Trinajstić information content (AvgIpc) is 2.84. The van der Waals surface area contributed by atoms with Crippen molar-refractivity contribution in [3.63, 3.8) is 0 Å².